The number of carbonyl (C=O) groups is 2. The Kier molecular flexibility index (Phi) is 5.19. The van der Waals surface area contributed by atoms with Crippen molar-refractivity contribution in [2.75, 3.05) is 44.6 Å². The van der Waals surface area contributed by atoms with Crippen LogP contribution in [-0.4, -0.2) is 77.2 Å². The first-order valence-electron chi connectivity index (χ1n) is 7.86. The predicted molar refractivity (Wildman–Crippen MR) is 85.1 cm³/mol. The van der Waals surface area contributed by atoms with E-state index in [2.05, 4.69) is 15.5 Å². The summed E-state index contributed by atoms with van der Waals surface area (Å²) in [6.07, 6.45) is 0.958. The topological polar surface area (TPSA) is 87.7 Å². The molecule has 1 saturated carbocycles. The maximum Gasteiger partial charge on any atom is 0.240 e. The number of nitrogens with one attached hydrogen (secondary N) is 1. The molecule has 1 aromatic heterocycles. The minimum Gasteiger partial charge on any atom is -0.378 e. The van der Waals surface area contributed by atoms with E-state index in [9.17, 15) is 9.59 Å². The van der Waals surface area contributed by atoms with Crippen molar-refractivity contribution >= 4 is 28.3 Å². The van der Waals surface area contributed by atoms with Crippen LogP contribution in [0.2, 0.25) is 0 Å². The summed E-state index contributed by atoms with van der Waals surface area (Å²) in [5.74, 6) is 0.142. The van der Waals surface area contributed by atoms with Crippen molar-refractivity contribution < 1.29 is 14.3 Å². The fourth-order valence-corrected chi connectivity index (χ4v) is 3.24. The lowest BCUT2D eigenvalue weighted by molar-refractivity contribution is -0.135. The van der Waals surface area contributed by atoms with E-state index < -0.39 is 0 Å². The first kappa shape index (κ1) is 16.3. The monoisotopic (exact) mass is 339 g/mol. The molecule has 23 heavy (non-hydrogen) atoms. The van der Waals surface area contributed by atoms with Gasteiger partial charge in [-0.2, -0.15) is 0 Å². The third-order valence-electron chi connectivity index (χ3n) is 4.09. The number of aromatic nitrogens is 2. The van der Waals surface area contributed by atoms with E-state index in [1.54, 1.807) is 5.51 Å². The van der Waals surface area contributed by atoms with Crippen molar-refractivity contribution in [2.24, 2.45) is 5.92 Å². The summed E-state index contributed by atoms with van der Waals surface area (Å²) >= 11 is 1.29. The van der Waals surface area contributed by atoms with E-state index >= 15 is 0 Å². The number of anilines is 1. The van der Waals surface area contributed by atoms with E-state index in [0.717, 1.165) is 6.42 Å². The molecular weight excluding hydrogens is 318 g/mol. The maximum absolute atomic E-state index is 12.3. The Morgan fingerprint density at radius 1 is 1.39 bits per heavy atom. The number of hydrogen-bond donors (Lipinski definition) is 1. The van der Waals surface area contributed by atoms with Crippen molar-refractivity contribution in [3.8, 4) is 0 Å². The van der Waals surface area contributed by atoms with Crippen molar-refractivity contribution in [2.45, 2.75) is 19.4 Å². The second-order valence-corrected chi connectivity index (χ2v) is 6.56. The third kappa shape index (κ3) is 4.24. The van der Waals surface area contributed by atoms with Crippen molar-refractivity contribution in [1.29, 1.82) is 0 Å². The van der Waals surface area contributed by atoms with Gasteiger partial charge in [0.2, 0.25) is 16.9 Å². The summed E-state index contributed by atoms with van der Waals surface area (Å²) in [6.45, 7) is 5.67. The first-order valence-corrected chi connectivity index (χ1v) is 8.74. The van der Waals surface area contributed by atoms with E-state index in [1.165, 1.54) is 11.3 Å². The number of carbonyl (C=O) groups excluding carboxylic acids is 2. The van der Waals surface area contributed by atoms with Gasteiger partial charge >= 0.3 is 0 Å². The Hall–Kier alpha value is -1.58. The zero-order valence-corrected chi connectivity index (χ0v) is 13.9. The van der Waals surface area contributed by atoms with Gasteiger partial charge in [-0.1, -0.05) is 11.3 Å². The summed E-state index contributed by atoms with van der Waals surface area (Å²) in [5.41, 5.74) is 1.58. The van der Waals surface area contributed by atoms with E-state index in [1.807, 2.05) is 16.7 Å². The molecule has 2 aliphatic rings. The highest BCUT2D eigenvalue weighted by atomic mass is 32.1. The molecule has 2 unspecified atom stereocenters. The Morgan fingerprint density at radius 3 is 2.83 bits per heavy atom. The van der Waals surface area contributed by atoms with Crippen LogP contribution in [0.5, 0.6) is 0 Å². The molecule has 2 fully saturated rings. The van der Waals surface area contributed by atoms with Crippen LogP contribution in [0.3, 0.4) is 0 Å². The summed E-state index contributed by atoms with van der Waals surface area (Å²) in [5, 5.41) is 10.7. The molecule has 126 valence electrons. The van der Waals surface area contributed by atoms with Crippen LogP contribution < -0.4 is 5.32 Å². The second-order valence-electron chi connectivity index (χ2n) is 5.73. The molecule has 1 aromatic rings. The number of ether oxygens (including phenoxy) is 1. The first-order chi connectivity index (χ1) is 11.2. The van der Waals surface area contributed by atoms with Crippen LogP contribution in [0.1, 0.15) is 13.3 Å². The Balaban J connectivity index is 1.38. The molecule has 0 radical (unpaired) electrons. The molecule has 1 saturated heterocycles. The minimum absolute atomic E-state index is 0.0437. The molecule has 0 aromatic carbocycles. The number of piperazine rings is 1. The highest BCUT2D eigenvalue weighted by Crippen LogP contribution is 2.35. The lowest BCUT2D eigenvalue weighted by atomic mass is 10.2. The zero-order valence-electron chi connectivity index (χ0n) is 13.1. The van der Waals surface area contributed by atoms with Crippen LogP contribution in [0.15, 0.2) is 5.51 Å². The van der Waals surface area contributed by atoms with Crippen molar-refractivity contribution in [1.82, 2.24) is 20.0 Å². The maximum atomic E-state index is 12.3. The summed E-state index contributed by atoms with van der Waals surface area (Å²) < 4.78 is 5.48. The Labute approximate surface area is 138 Å². The Morgan fingerprint density at radius 2 is 2.17 bits per heavy atom. The van der Waals surface area contributed by atoms with Gasteiger partial charge in [0.25, 0.3) is 0 Å². The fourth-order valence-electron chi connectivity index (χ4n) is 2.78. The molecule has 9 heteroatoms. The molecule has 2 heterocycles. The molecule has 0 spiro atoms. The number of rotatable bonds is 6. The third-order valence-corrected chi connectivity index (χ3v) is 4.69. The van der Waals surface area contributed by atoms with E-state index in [-0.39, 0.29) is 23.8 Å². The molecule has 1 aliphatic heterocycles. The molecule has 0 bridgehead atoms. The van der Waals surface area contributed by atoms with Crippen LogP contribution in [0.4, 0.5) is 5.13 Å². The highest BCUT2D eigenvalue weighted by molar-refractivity contribution is 7.13. The lowest BCUT2D eigenvalue weighted by Crippen LogP contribution is -2.51. The number of hydrogen-bond acceptors (Lipinski definition) is 7. The van der Waals surface area contributed by atoms with Gasteiger partial charge in [0.05, 0.1) is 18.6 Å². The molecule has 1 aliphatic carbocycles. The summed E-state index contributed by atoms with van der Waals surface area (Å²) in [6, 6.07) is 0. The average Bonchev–Trinajstić information content (AvgIpc) is 3.12. The van der Waals surface area contributed by atoms with Crippen LogP contribution in [0, 0.1) is 5.92 Å². The second kappa shape index (κ2) is 7.33. The number of amides is 2. The SMILES string of the molecule is CCOC1CC1C(=O)N1CCN(CC(=O)Nc2nncs2)CC1. The van der Waals surface area contributed by atoms with Gasteiger partial charge < -0.3 is 9.64 Å². The molecular formula is C14H21N5O3S. The van der Waals surface area contributed by atoms with Crippen LogP contribution in [0.25, 0.3) is 0 Å². The normalized spacial score (nSPS) is 24.5. The summed E-state index contributed by atoms with van der Waals surface area (Å²) in [7, 11) is 0. The van der Waals surface area contributed by atoms with Gasteiger partial charge in [0.1, 0.15) is 5.51 Å². The lowest BCUT2D eigenvalue weighted by Gasteiger charge is -2.34. The average molecular weight is 339 g/mol. The van der Waals surface area contributed by atoms with Gasteiger partial charge in [-0.3, -0.25) is 19.8 Å². The van der Waals surface area contributed by atoms with Crippen LogP contribution >= 0.6 is 11.3 Å². The number of nitrogens with zero attached hydrogens (tertiary/aromatic N) is 4. The molecule has 2 atom stereocenters. The molecule has 2 amide bonds. The van der Waals surface area contributed by atoms with Crippen molar-refractivity contribution in [3.63, 3.8) is 0 Å². The standard InChI is InChI=1S/C14H21N5O3S/c1-2-22-11-7-10(11)13(21)19-5-3-18(4-6-19)8-12(20)16-14-17-15-9-23-14/h9-11H,2-8H2,1H3,(H,16,17,20). The predicted octanol–water partition coefficient (Wildman–Crippen LogP) is 0.0458. The highest BCUT2D eigenvalue weighted by Gasteiger charge is 2.46. The Bertz CT molecular complexity index is 545. The quantitative estimate of drug-likeness (QED) is 0.788. The van der Waals surface area contributed by atoms with E-state index in [0.29, 0.717) is 44.5 Å². The van der Waals surface area contributed by atoms with Crippen LogP contribution in [-0.2, 0) is 14.3 Å². The smallest absolute Gasteiger partial charge is 0.240 e. The zero-order chi connectivity index (χ0) is 16.2. The summed E-state index contributed by atoms with van der Waals surface area (Å²) in [4.78, 5) is 28.2. The molecule has 1 N–H and O–H groups in total. The van der Waals surface area contributed by atoms with Gasteiger partial charge in [-0.05, 0) is 13.3 Å². The van der Waals surface area contributed by atoms with Gasteiger partial charge in [-0.25, -0.2) is 0 Å². The van der Waals surface area contributed by atoms with E-state index in [4.69, 9.17) is 4.74 Å². The fraction of sp³-hybridized carbons (Fsp3) is 0.714. The minimum atomic E-state index is -0.0971. The van der Waals surface area contributed by atoms with Gasteiger partial charge in [-0.15, -0.1) is 10.2 Å². The molecule has 8 nitrogen and oxygen atoms in total. The largest absolute Gasteiger partial charge is 0.378 e. The molecule has 3 rings (SSSR count). The van der Waals surface area contributed by atoms with Gasteiger partial charge in [0.15, 0.2) is 0 Å². The van der Waals surface area contributed by atoms with Crippen molar-refractivity contribution in [3.05, 3.63) is 5.51 Å². The van der Waals surface area contributed by atoms with Gasteiger partial charge in [0, 0.05) is 32.8 Å².